The zero-order valence-electron chi connectivity index (χ0n) is 14.1. The normalized spacial score (nSPS) is 12.2. The monoisotopic (exact) mass is 331 g/mol. The van der Waals surface area contributed by atoms with Crippen LogP contribution in [0.25, 0.3) is 0 Å². The first-order valence-corrected chi connectivity index (χ1v) is 8.58. The van der Waals surface area contributed by atoms with E-state index in [0.29, 0.717) is 5.69 Å². The number of benzene rings is 3. The first-order valence-electron chi connectivity index (χ1n) is 8.58. The number of halogens is 1. The molecule has 2 heteroatoms. The summed E-state index contributed by atoms with van der Waals surface area (Å²) in [6.45, 7) is 0. The van der Waals surface area contributed by atoms with Crippen LogP contribution >= 0.6 is 0 Å². The van der Waals surface area contributed by atoms with Gasteiger partial charge >= 0.3 is 0 Å². The van der Waals surface area contributed by atoms with Gasteiger partial charge in [0.05, 0.1) is 11.7 Å². The van der Waals surface area contributed by atoms with E-state index in [1.54, 1.807) is 12.1 Å². The summed E-state index contributed by atoms with van der Waals surface area (Å²) >= 11 is 0. The van der Waals surface area contributed by atoms with Crippen LogP contribution < -0.4 is 5.32 Å². The van der Waals surface area contributed by atoms with Crippen LogP contribution in [0.2, 0.25) is 0 Å². The topological polar surface area (TPSA) is 12.0 Å². The van der Waals surface area contributed by atoms with E-state index < -0.39 is 0 Å². The fourth-order valence-electron chi connectivity index (χ4n) is 2.80. The van der Waals surface area contributed by atoms with Crippen LogP contribution in [-0.4, -0.2) is 0 Å². The maximum absolute atomic E-state index is 14.0. The quantitative estimate of drug-likeness (QED) is 0.511. The van der Waals surface area contributed by atoms with Crippen LogP contribution in [0.1, 0.15) is 23.6 Å². The van der Waals surface area contributed by atoms with E-state index in [4.69, 9.17) is 0 Å². The molecule has 0 fully saturated rings. The van der Waals surface area contributed by atoms with E-state index in [9.17, 15) is 4.39 Å². The van der Waals surface area contributed by atoms with Gasteiger partial charge in [0.15, 0.2) is 0 Å². The van der Waals surface area contributed by atoms with E-state index in [1.165, 1.54) is 11.6 Å². The SMILES string of the molecule is Fc1ccccc1NC(C/C=C/Cc1ccccc1)c1ccccc1. The first-order chi connectivity index (χ1) is 12.3. The number of hydrogen-bond acceptors (Lipinski definition) is 1. The van der Waals surface area contributed by atoms with Gasteiger partial charge < -0.3 is 5.32 Å². The Morgan fingerprint density at radius 1 is 0.760 bits per heavy atom. The Morgan fingerprint density at radius 3 is 2.12 bits per heavy atom. The molecule has 1 unspecified atom stereocenters. The molecule has 1 N–H and O–H groups in total. The molecule has 1 atom stereocenters. The summed E-state index contributed by atoms with van der Waals surface area (Å²) in [5.41, 5.74) is 2.97. The van der Waals surface area contributed by atoms with Crippen LogP contribution in [0.3, 0.4) is 0 Å². The number of anilines is 1. The van der Waals surface area contributed by atoms with E-state index in [0.717, 1.165) is 18.4 Å². The summed E-state index contributed by atoms with van der Waals surface area (Å²) in [6.07, 6.45) is 6.04. The van der Waals surface area contributed by atoms with Gasteiger partial charge in [0.2, 0.25) is 0 Å². The van der Waals surface area contributed by atoms with Gasteiger partial charge in [-0.1, -0.05) is 84.9 Å². The van der Waals surface area contributed by atoms with Crippen molar-refractivity contribution in [1.29, 1.82) is 0 Å². The lowest BCUT2D eigenvalue weighted by atomic mass is 10.0. The average molecular weight is 331 g/mol. The minimum absolute atomic E-state index is 0.0325. The molecule has 0 saturated carbocycles. The highest BCUT2D eigenvalue weighted by molar-refractivity contribution is 5.47. The Hall–Kier alpha value is -2.87. The fourth-order valence-corrected chi connectivity index (χ4v) is 2.80. The molecular weight excluding hydrogens is 309 g/mol. The number of nitrogens with one attached hydrogen (secondary N) is 1. The smallest absolute Gasteiger partial charge is 0.146 e. The Labute approximate surface area is 148 Å². The summed E-state index contributed by atoms with van der Waals surface area (Å²) in [4.78, 5) is 0. The van der Waals surface area contributed by atoms with Gasteiger partial charge in [-0.2, -0.15) is 0 Å². The molecule has 3 aromatic rings. The van der Waals surface area contributed by atoms with E-state index >= 15 is 0 Å². The molecule has 0 aliphatic carbocycles. The van der Waals surface area contributed by atoms with E-state index in [1.807, 2.05) is 30.3 Å². The van der Waals surface area contributed by atoms with Gasteiger partial charge in [-0.3, -0.25) is 0 Å². The van der Waals surface area contributed by atoms with Crippen LogP contribution in [0, 0.1) is 5.82 Å². The Kier molecular flexibility index (Phi) is 6.00. The molecule has 0 aromatic heterocycles. The summed E-state index contributed by atoms with van der Waals surface area (Å²) < 4.78 is 14.0. The molecule has 1 nitrogen and oxygen atoms in total. The summed E-state index contributed by atoms with van der Waals surface area (Å²) in [5.74, 6) is -0.225. The summed E-state index contributed by atoms with van der Waals surface area (Å²) in [5, 5.41) is 3.34. The highest BCUT2D eigenvalue weighted by Gasteiger charge is 2.11. The molecule has 0 saturated heterocycles. The standard InChI is InChI=1S/C23H22FN/c24-21-16-8-10-18-23(21)25-22(20-14-5-2-6-15-20)17-9-7-13-19-11-3-1-4-12-19/h1-12,14-16,18,22,25H,13,17H2/b9-7+. The maximum Gasteiger partial charge on any atom is 0.146 e. The van der Waals surface area contributed by atoms with Crippen molar-refractivity contribution in [2.45, 2.75) is 18.9 Å². The molecule has 0 aliphatic heterocycles. The van der Waals surface area contributed by atoms with Gasteiger partial charge in [-0.05, 0) is 36.1 Å². The predicted octanol–water partition coefficient (Wildman–Crippen LogP) is 6.17. The Morgan fingerprint density at radius 2 is 1.40 bits per heavy atom. The van der Waals surface area contributed by atoms with Gasteiger partial charge in [0.25, 0.3) is 0 Å². The van der Waals surface area contributed by atoms with Crippen molar-refractivity contribution >= 4 is 5.69 Å². The van der Waals surface area contributed by atoms with Crippen LogP contribution in [0.5, 0.6) is 0 Å². The van der Waals surface area contributed by atoms with Gasteiger partial charge in [-0.25, -0.2) is 4.39 Å². The van der Waals surface area contributed by atoms with Crippen molar-refractivity contribution in [2.24, 2.45) is 0 Å². The molecule has 0 radical (unpaired) electrons. The third-order valence-corrected chi connectivity index (χ3v) is 4.14. The lowest BCUT2D eigenvalue weighted by Gasteiger charge is -2.19. The van der Waals surface area contributed by atoms with Crippen LogP contribution in [0.4, 0.5) is 10.1 Å². The van der Waals surface area contributed by atoms with E-state index in [2.05, 4.69) is 53.9 Å². The van der Waals surface area contributed by atoms with Crippen molar-refractivity contribution in [3.8, 4) is 0 Å². The van der Waals surface area contributed by atoms with Gasteiger partial charge in [0, 0.05) is 0 Å². The zero-order chi connectivity index (χ0) is 17.3. The lowest BCUT2D eigenvalue weighted by Crippen LogP contribution is -2.11. The highest BCUT2D eigenvalue weighted by Crippen LogP contribution is 2.24. The summed E-state index contributed by atoms with van der Waals surface area (Å²) in [7, 11) is 0. The first kappa shape index (κ1) is 17.0. The lowest BCUT2D eigenvalue weighted by molar-refractivity contribution is 0.625. The second-order valence-electron chi connectivity index (χ2n) is 5.98. The van der Waals surface area contributed by atoms with Crippen LogP contribution in [0.15, 0.2) is 97.1 Å². The second-order valence-corrected chi connectivity index (χ2v) is 5.98. The third kappa shape index (κ3) is 5.05. The molecule has 126 valence electrons. The van der Waals surface area contributed by atoms with E-state index in [-0.39, 0.29) is 11.9 Å². The minimum atomic E-state index is -0.225. The zero-order valence-corrected chi connectivity index (χ0v) is 14.1. The largest absolute Gasteiger partial charge is 0.376 e. The Bertz CT molecular complexity index is 797. The average Bonchev–Trinajstić information content (AvgIpc) is 2.67. The molecule has 3 rings (SSSR count). The Balaban J connectivity index is 1.70. The second kappa shape index (κ2) is 8.84. The molecule has 0 spiro atoms. The van der Waals surface area contributed by atoms with Crippen molar-refractivity contribution in [3.05, 3.63) is 114 Å². The van der Waals surface area contributed by atoms with Gasteiger partial charge in [0.1, 0.15) is 5.82 Å². The molecule has 3 aromatic carbocycles. The number of para-hydroxylation sites is 1. The minimum Gasteiger partial charge on any atom is -0.376 e. The fraction of sp³-hybridized carbons (Fsp3) is 0.130. The molecule has 0 heterocycles. The van der Waals surface area contributed by atoms with Crippen molar-refractivity contribution < 1.29 is 4.39 Å². The third-order valence-electron chi connectivity index (χ3n) is 4.14. The predicted molar refractivity (Wildman–Crippen MR) is 103 cm³/mol. The summed E-state index contributed by atoms with van der Waals surface area (Å²) in [6, 6.07) is 27.4. The number of hydrogen-bond donors (Lipinski definition) is 1. The molecular formula is C23H22FN. The number of rotatable bonds is 7. The molecule has 0 bridgehead atoms. The maximum atomic E-state index is 14.0. The molecule has 0 amide bonds. The van der Waals surface area contributed by atoms with Crippen molar-refractivity contribution in [3.63, 3.8) is 0 Å². The van der Waals surface area contributed by atoms with Crippen LogP contribution in [-0.2, 0) is 6.42 Å². The van der Waals surface area contributed by atoms with Crippen molar-refractivity contribution in [2.75, 3.05) is 5.32 Å². The molecule has 0 aliphatic rings. The molecule has 25 heavy (non-hydrogen) atoms. The van der Waals surface area contributed by atoms with Crippen molar-refractivity contribution in [1.82, 2.24) is 0 Å². The van der Waals surface area contributed by atoms with Gasteiger partial charge in [-0.15, -0.1) is 0 Å². The highest BCUT2D eigenvalue weighted by atomic mass is 19.1. The number of allylic oxidation sites excluding steroid dienone is 1.